The van der Waals surface area contributed by atoms with Gasteiger partial charge in [0.2, 0.25) is 5.88 Å². The highest BCUT2D eigenvalue weighted by Crippen LogP contribution is 2.34. The predicted octanol–water partition coefficient (Wildman–Crippen LogP) is 4.91. The second-order valence-electron chi connectivity index (χ2n) is 6.50. The van der Waals surface area contributed by atoms with Crippen LogP contribution in [0.5, 0.6) is 11.6 Å². The number of alkyl halides is 3. The van der Waals surface area contributed by atoms with Crippen LogP contribution in [-0.2, 0) is 12.8 Å². The van der Waals surface area contributed by atoms with Crippen molar-refractivity contribution in [2.24, 2.45) is 0 Å². The van der Waals surface area contributed by atoms with Crippen LogP contribution < -0.4 is 9.47 Å². The van der Waals surface area contributed by atoms with Gasteiger partial charge in [-0.15, -0.1) is 11.3 Å². The monoisotopic (exact) mass is 447 g/mol. The minimum atomic E-state index is -4.54. The molecule has 1 aromatic carbocycles. The number of H-pyrrole nitrogens is 1. The van der Waals surface area contributed by atoms with E-state index >= 15 is 0 Å². The Kier molecular flexibility index (Phi) is 5.59. The van der Waals surface area contributed by atoms with Crippen LogP contribution in [0.25, 0.3) is 22.1 Å². The molecule has 0 fully saturated rings. The smallest absolute Gasteiger partial charge is 0.434 e. The molecule has 11 heteroatoms. The topological polar surface area (TPSA) is 85.8 Å². The van der Waals surface area contributed by atoms with E-state index in [1.807, 2.05) is 19.1 Å². The largest absolute Gasteiger partial charge is 0.497 e. The molecule has 160 valence electrons. The van der Waals surface area contributed by atoms with Gasteiger partial charge in [-0.1, -0.05) is 12.1 Å². The van der Waals surface area contributed by atoms with Crippen molar-refractivity contribution >= 4 is 11.3 Å². The van der Waals surface area contributed by atoms with Crippen molar-refractivity contribution in [3.05, 3.63) is 58.9 Å². The van der Waals surface area contributed by atoms with Gasteiger partial charge >= 0.3 is 6.18 Å². The van der Waals surface area contributed by atoms with Crippen LogP contribution in [0.1, 0.15) is 17.0 Å². The van der Waals surface area contributed by atoms with E-state index in [4.69, 9.17) is 9.47 Å². The first-order valence-electron chi connectivity index (χ1n) is 9.02. The minimum Gasteiger partial charge on any atom is -0.497 e. The molecule has 3 aromatic heterocycles. The van der Waals surface area contributed by atoms with E-state index < -0.39 is 11.9 Å². The van der Waals surface area contributed by atoms with Crippen LogP contribution >= 0.6 is 11.3 Å². The SMILES string of the molecule is COc1ccc(COc2cc(-c3cn[nH]c3C)nc(-c3nc(C(F)(F)F)cs3)n2)cc1. The van der Waals surface area contributed by atoms with Crippen LogP contribution in [0.4, 0.5) is 13.2 Å². The fourth-order valence-electron chi connectivity index (χ4n) is 2.73. The van der Waals surface area contributed by atoms with Crippen molar-refractivity contribution in [1.82, 2.24) is 25.1 Å². The van der Waals surface area contributed by atoms with Gasteiger partial charge in [0.1, 0.15) is 12.4 Å². The zero-order chi connectivity index (χ0) is 22.0. The van der Waals surface area contributed by atoms with E-state index in [1.54, 1.807) is 31.5 Å². The molecule has 0 saturated carbocycles. The number of aryl methyl sites for hydroxylation is 1. The van der Waals surface area contributed by atoms with Crippen molar-refractivity contribution in [2.75, 3.05) is 7.11 Å². The Morgan fingerprint density at radius 2 is 1.87 bits per heavy atom. The third kappa shape index (κ3) is 4.66. The standard InChI is InChI=1S/C20H16F3N5O2S/c1-11-14(8-24-28-11)15-7-17(30-9-12-3-5-13(29-2)6-4-12)27-18(25-15)19-26-16(10-31-19)20(21,22)23/h3-8,10H,9H2,1-2H3,(H,24,28). The molecule has 3 heterocycles. The summed E-state index contributed by atoms with van der Waals surface area (Å²) in [6.07, 6.45) is -2.96. The molecule has 0 saturated heterocycles. The summed E-state index contributed by atoms with van der Waals surface area (Å²) in [6.45, 7) is 2.02. The Bertz CT molecular complexity index is 1190. The Balaban J connectivity index is 1.68. The second-order valence-corrected chi connectivity index (χ2v) is 7.35. The van der Waals surface area contributed by atoms with Crippen molar-refractivity contribution in [3.63, 3.8) is 0 Å². The molecule has 0 amide bonds. The van der Waals surface area contributed by atoms with E-state index in [-0.39, 0.29) is 23.3 Å². The number of aromatic amines is 1. The molecule has 0 unspecified atom stereocenters. The number of methoxy groups -OCH3 is 1. The third-order valence-electron chi connectivity index (χ3n) is 4.34. The summed E-state index contributed by atoms with van der Waals surface area (Å²) in [6, 6.07) is 8.91. The summed E-state index contributed by atoms with van der Waals surface area (Å²) in [7, 11) is 1.58. The fourth-order valence-corrected chi connectivity index (χ4v) is 3.48. The lowest BCUT2D eigenvalue weighted by Gasteiger charge is -2.09. The molecule has 7 nitrogen and oxygen atoms in total. The highest BCUT2D eigenvalue weighted by atomic mass is 32.1. The van der Waals surface area contributed by atoms with Gasteiger partial charge in [-0.25, -0.2) is 9.97 Å². The summed E-state index contributed by atoms with van der Waals surface area (Å²) >= 11 is 0.818. The van der Waals surface area contributed by atoms with Crippen molar-refractivity contribution in [2.45, 2.75) is 19.7 Å². The van der Waals surface area contributed by atoms with Gasteiger partial charge in [0, 0.05) is 22.7 Å². The third-order valence-corrected chi connectivity index (χ3v) is 5.18. The quantitative estimate of drug-likeness (QED) is 0.452. The Labute approximate surface area is 178 Å². The maximum atomic E-state index is 13.0. The molecule has 4 rings (SSSR count). The lowest BCUT2D eigenvalue weighted by Crippen LogP contribution is -2.05. The number of halogens is 3. The molecular weight excluding hydrogens is 431 g/mol. The number of rotatable bonds is 6. The second kappa shape index (κ2) is 8.34. The molecule has 1 N–H and O–H groups in total. The zero-order valence-electron chi connectivity index (χ0n) is 16.4. The first-order chi connectivity index (χ1) is 14.8. The number of hydrogen-bond acceptors (Lipinski definition) is 7. The molecule has 0 bridgehead atoms. The van der Waals surface area contributed by atoms with E-state index in [1.165, 1.54) is 0 Å². The zero-order valence-corrected chi connectivity index (χ0v) is 17.2. The molecule has 0 atom stereocenters. The normalized spacial score (nSPS) is 11.5. The molecule has 0 aliphatic carbocycles. The molecule has 0 aliphatic rings. The van der Waals surface area contributed by atoms with Crippen molar-refractivity contribution in [1.29, 1.82) is 0 Å². The van der Waals surface area contributed by atoms with Gasteiger partial charge in [0.05, 0.1) is 19.0 Å². The number of benzene rings is 1. The number of nitrogens with one attached hydrogen (secondary N) is 1. The lowest BCUT2D eigenvalue weighted by molar-refractivity contribution is -0.140. The van der Waals surface area contributed by atoms with Crippen LogP contribution in [0.3, 0.4) is 0 Å². The summed E-state index contributed by atoms with van der Waals surface area (Å²) in [5.41, 5.74) is 1.79. The van der Waals surface area contributed by atoms with Gasteiger partial charge in [-0.3, -0.25) is 5.10 Å². The van der Waals surface area contributed by atoms with Gasteiger partial charge < -0.3 is 9.47 Å². The maximum Gasteiger partial charge on any atom is 0.434 e. The molecule has 31 heavy (non-hydrogen) atoms. The predicted molar refractivity (Wildman–Crippen MR) is 108 cm³/mol. The van der Waals surface area contributed by atoms with Crippen LogP contribution in [0.15, 0.2) is 41.9 Å². The fraction of sp³-hybridized carbons (Fsp3) is 0.200. The average Bonchev–Trinajstić information content (AvgIpc) is 3.42. The highest BCUT2D eigenvalue weighted by Gasteiger charge is 2.34. The Hall–Kier alpha value is -3.47. The van der Waals surface area contributed by atoms with Gasteiger partial charge in [0.15, 0.2) is 16.5 Å². The summed E-state index contributed by atoms with van der Waals surface area (Å²) < 4.78 is 49.9. The number of ether oxygens (including phenoxy) is 2. The number of aromatic nitrogens is 5. The molecule has 0 spiro atoms. The van der Waals surface area contributed by atoms with Crippen LogP contribution in [0, 0.1) is 6.92 Å². The van der Waals surface area contributed by atoms with E-state index in [0.29, 0.717) is 11.3 Å². The average molecular weight is 447 g/mol. The summed E-state index contributed by atoms with van der Waals surface area (Å²) in [4.78, 5) is 12.3. The summed E-state index contributed by atoms with van der Waals surface area (Å²) in [5.74, 6) is 0.971. The summed E-state index contributed by atoms with van der Waals surface area (Å²) in [5, 5.41) is 7.77. The van der Waals surface area contributed by atoms with Crippen molar-refractivity contribution in [3.8, 4) is 33.7 Å². The van der Waals surface area contributed by atoms with E-state index in [0.717, 1.165) is 33.7 Å². The number of thiazole rings is 1. The van der Waals surface area contributed by atoms with Crippen molar-refractivity contribution < 1.29 is 22.6 Å². The number of nitrogens with zero attached hydrogens (tertiary/aromatic N) is 4. The first kappa shape index (κ1) is 20.8. The maximum absolute atomic E-state index is 13.0. The highest BCUT2D eigenvalue weighted by molar-refractivity contribution is 7.13. The molecule has 0 aliphatic heterocycles. The Morgan fingerprint density at radius 3 is 2.48 bits per heavy atom. The van der Waals surface area contributed by atoms with Crippen LogP contribution in [-0.4, -0.2) is 32.3 Å². The minimum absolute atomic E-state index is 0.0448. The first-order valence-corrected chi connectivity index (χ1v) is 9.89. The molecular formula is C20H16F3N5O2S. The molecule has 0 radical (unpaired) electrons. The molecule has 4 aromatic rings. The van der Waals surface area contributed by atoms with E-state index in [9.17, 15) is 13.2 Å². The van der Waals surface area contributed by atoms with E-state index in [2.05, 4.69) is 25.1 Å². The van der Waals surface area contributed by atoms with Gasteiger partial charge in [-0.05, 0) is 24.6 Å². The lowest BCUT2D eigenvalue weighted by atomic mass is 10.2. The van der Waals surface area contributed by atoms with Gasteiger partial charge in [-0.2, -0.15) is 23.3 Å². The number of hydrogen-bond donors (Lipinski definition) is 1. The van der Waals surface area contributed by atoms with Crippen LogP contribution in [0.2, 0.25) is 0 Å². The Morgan fingerprint density at radius 1 is 1.10 bits per heavy atom. The van der Waals surface area contributed by atoms with Gasteiger partial charge in [0.25, 0.3) is 0 Å².